The van der Waals surface area contributed by atoms with Crippen LogP contribution in [0.1, 0.15) is 52.9 Å². The molecular weight excluding hydrogens is 246 g/mol. The van der Waals surface area contributed by atoms with Gasteiger partial charge in [-0.05, 0) is 46.1 Å². The molecule has 0 spiro atoms. The van der Waals surface area contributed by atoms with E-state index < -0.39 is 5.54 Å². The highest BCUT2D eigenvalue weighted by atomic mass is 32.2. The van der Waals surface area contributed by atoms with Crippen molar-refractivity contribution in [3.63, 3.8) is 0 Å². The van der Waals surface area contributed by atoms with E-state index in [4.69, 9.17) is 4.74 Å². The Balaban J connectivity index is 2.66. The van der Waals surface area contributed by atoms with E-state index in [0.29, 0.717) is 17.1 Å². The summed E-state index contributed by atoms with van der Waals surface area (Å²) in [6.07, 6.45) is 5.32. The fourth-order valence-corrected chi connectivity index (χ4v) is 4.08. The summed E-state index contributed by atoms with van der Waals surface area (Å²) in [6, 6.07) is 0. The summed E-state index contributed by atoms with van der Waals surface area (Å²) in [5.74, 6) is -0.0676. The largest absolute Gasteiger partial charge is 0.465 e. The zero-order chi connectivity index (χ0) is 13.6. The number of nitrogens with one attached hydrogen (secondary N) is 1. The van der Waals surface area contributed by atoms with Crippen LogP contribution >= 0.6 is 11.8 Å². The molecule has 1 fully saturated rings. The lowest BCUT2D eigenvalue weighted by Gasteiger charge is -2.39. The Bertz CT molecular complexity index is 273. The Hall–Kier alpha value is -0.220. The number of hydrogen-bond donors (Lipinski definition) is 1. The van der Waals surface area contributed by atoms with Crippen LogP contribution < -0.4 is 5.32 Å². The van der Waals surface area contributed by atoms with Crippen molar-refractivity contribution in [2.75, 3.05) is 13.7 Å². The van der Waals surface area contributed by atoms with E-state index in [1.165, 1.54) is 12.8 Å². The minimum atomic E-state index is -0.445. The van der Waals surface area contributed by atoms with Crippen molar-refractivity contribution in [1.29, 1.82) is 0 Å². The lowest BCUT2D eigenvalue weighted by molar-refractivity contribution is -0.152. The molecule has 1 N–H and O–H groups in total. The molecule has 0 aromatic carbocycles. The highest BCUT2D eigenvalue weighted by Crippen LogP contribution is 2.37. The van der Waals surface area contributed by atoms with Crippen LogP contribution in [0.2, 0.25) is 0 Å². The summed E-state index contributed by atoms with van der Waals surface area (Å²) in [4.78, 5) is 12.2. The van der Waals surface area contributed by atoms with Gasteiger partial charge in [0.05, 0.1) is 6.61 Å². The Morgan fingerprint density at radius 3 is 2.83 bits per heavy atom. The maximum absolute atomic E-state index is 12.2. The third-order valence-electron chi connectivity index (χ3n) is 3.85. The predicted octanol–water partition coefficient (Wildman–Crippen LogP) is 2.98. The number of hydrogen-bond acceptors (Lipinski definition) is 4. The summed E-state index contributed by atoms with van der Waals surface area (Å²) in [5, 5.41) is 4.48. The van der Waals surface area contributed by atoms with Gasteiger partial charge in [0.15, 0.2) is 0 Å². The first kappa shape index (κ1) is 15.8. The van der Waals surface area contributed by atoms with Gasteiger partial charge in [0, 0.05) is 10.5 Å². The summed E-state index contributed by atoms with van der Waals surface area (Å²) in [5.41, 5.74) is -0.445. The molecule has 0 amide bonds. The van der Waals surface area contributed by atoms with E-state index >= 15 is 0 Å². The number of thioether (sulfide) groups is 1. The second-order valence-corrected chi connectivity index (χ2v) is 6.87. The molecule has 4 heteroatoms. The molecule has 3 atom stereocenters. The molecular formula is C14H27NO2S. The van der Waals surface area contributed by atoms with Gasteiger partial charge in [-0.2, -0.15) is 11.8 Å². The van der Waals surface area contributed by atoms with Gasteiger partial charge in [0.25, 0.3) is 0 Å². The van der Waals surface area contributed by atoms with Crippen molar-refractivity contribution in [3.05, 3.63) is 0 Å². The van der Waals surface area contributed by atoms with E-state index in [9.17, 15) is 4.79 Å². The highest BCUT2D eigenvalue weighted by Gasteiger charge is 2.43. The molecule has 1 aliphatic carbocycles. The Kier molecular flexibility index (Phi) is 6.50. The summed E-state index contributed by atoms with van der Waals surface area (Å²) >= 11 is 2.03. The molecule has 0 aromatic heterocycles. The summed E-state index contributed by atoms with van der Waals surface area (Å²) in [6.45, 7) is 6.82. The van der Waals surface area contributed by atoms with Crippen LogP contribution in [0, 0.1) is 0 Å². The van der Waals surface area contributed by atoms with Crippen molar-refractivity contribution in [3.8, 4) is 0 Å². The van der Waals surface area contributed by atoms with Crippen molar-refractivity contribution in [2.24, 2.45) is 0 Å². The van der Waals surface area contributed by atoms with Crippen LogP contribution in [0.3, 0.4) is 0 Å². The Labute approximate surface area is 115 Å². The average molecular weight is 273 g/mol. The number of ether oxygens (including phenoxy) is 1. The zero-order valence-corrected chi connectivity index (χ0v) is 12.9. The number of likely N-dealkylation sites (N-methyl/N-ethyl adjacent to an activating group) is 1. The van der Waals surface area contributed by atoms with Crippen LogP contribution in [0.4, 0.5) is 0 Å². The molecule has 0 radical (unpaired) electrons. The lowest BCUT2D eigenvalue weighted by atomic mass is 9.81. The SMILES string of the molecule is CCOC(=O)C1(NC)CCCC(SC(C)CC)C1. The van der Waals surface area contributed by atoms with E-state index in [1.807, 2.05) is 25.7 Å². The van der Waals surface area contributed by atoms with Gasteiger partial charge in [-0.15, -0.1) is 0 Å². The second-order valence-electron chi connectivity index (χ2n) is 5.13. The molecule has 18 heavy (non-hydrogen) atoms. The van der Waals surface area contributed by atoms with Gasteiger partial charge in [-0.25, -0.2) is 0 Å². The molecule has 0 saturated heterocycles. The van der Waals surface area contributed by atoms with Gasteiger partial charge in [0.1, 0.15) is 5.54 Å². The minimum absolute atomic E-state index is 0.0676. The van der Waals surface area contributed by atoms with E-state index in [0.717, 1.165) is 19.3 Å². The number of carbonyl (C=O) groups is 1. The maximum atomic E-state index is 12.2. The minimum Gasteiger partial charge on any atom is -0.465 e. The Morgan fingerprint density at radius 2 is 2.28 bits per heavy atom. The van der Waals surface area contributed by atoms with Crippen molar-refractivity contribution >= 4 is 17.7 Å². The molecule has 0 heterocycles. The standard InChI is InChI=1S/C14H27NO2S/c1-5-11(3)18-12-8-7-9-14(10-12,15-4)13(16)17-6-2/h11-12,15H,5-10H2,1-4H3. The van der Waals surface area contributed by atoms with Crippen LogP contribution in [0.15, 0.2) is 0 Å². The maximum Gasteiger partial charge on any atom is 0.326 e. The zero-order valence-electron chi connectivity index (χ0n) is 12.1. The summed E-state index contributed by atoms with van der Waals surface area (Å²) < 4.78 is 5.24. The van der Waals surface area contributed by atoms with Gasteiger partial charge in [-0.3, -0.25) is 4.79 Å². The molecule has 3 nitrogen and oxygen atoms in total. The molecule has 0 aliphatic heterocycles. The topological polar surface area (TPSA) is 38.3 Å². The molecule has 106 valence electrons. The van der Waals surface area contributed by atoms with Crippen molar-refractivity contribution in [2.45, 2.75) is 68.9 Å². The van der Waals surface area contributed by atoms with Crippen molar-refractivity contribution in [1.82, 2.24) is 5.32 Å². The smallest absolute Gasteiger partial charge is 0.326 e. The van der Waals surface area contributed by atoms with Gasteiger partial charge in [-0.1, -0.05) is 13.8 Å². The van der Waals surface area contributed by atoms with Gasteiger partial charge < -0.3 is 10.1 Å². The molecule has 1 aliphatic rings. The van der Waals surface area contributed by atoms with Crippen LogP contribution in [0.25, 0.3) is 0 Å². The first-order valence-corrected chi connectivity index (χ1v) is 8.03. The van der Waals surface area contributed by atoms with E-state index in [-0.39, 0.29) is 5.97 Å². The fourth-order valence-electron chi connectivity index (χ4n) is 2.55. The molecule has 0 bridgehead atoms. The number of esters is 1. The molecule has 1 saturated carbocycles. The van der Waals surface area contributed by atoms with Crippen LogP contribution in [0.5, 0.6) is 0 Å². The van der Waals surface area contributed by atoms with E-state index in [1.54, 1.807) is 0 Å². The molecule has 3 unspecified atom stereocenters. The third-order valence-corrected chi connectivity index (χ3v) is 5.44. The molecule has 1 rings (SSSR count). The first-order chi connectivity index (χ1) is 8.57. The second kappa shape index (κ2) is 7.39. The van der Waals surface area contributed by atoms with Crippen LogP contribution in [-0.4, -0.2) is 35.7 Å². The monoisotopic (exact) mass is 273 g/mol. The van der Waals surface area contributed by atoms with Crippen molar-refractivity contribution < 1.29 is 9.53 Å². The summed E-state index contributed by atoms with van der Waals surface area (Å²) in [7, 11) is 1.88. The number of carbonyl (C=O) groups excluding carboxylic acids is 1. The normalized spacial score (nSPS) is 29.9. The average Bonchev–Trinajstić information content (AvgIpc) is 2.39. The molecule has 0 aromatic rings. The first-order valence-electron chi connectivity index (χ1n) is 7.09. The van der Waals surface area contributed by atoms with Gasteiger partial charge >= 0.3 is 5.97 Å². The third kappa shape index (κ3) is 3.89. The predicted molar refractivity (Wildman–Crippen MR) is 78.0 cm³/mol. The van der Waals surface area contributed by atoms with Gasteiger partial charge in [0.2, 0.25) is 0 Å². The highest BCUT2D eigenvalue weighted by molar-refractivity contribution is 8.00. The lowest BCUT2D eigenvalue weighted by Crippen LogP contribution is -2.54. The number of rotatable bonds is 6. The quantitative estimate of drug-likeness (QED) is 0.755. The van der Waals surface area contributed by atoms with E-state index in [2.05, 4.69) is 19.2 Å². The fraction of sp³-hybridized carbons (Fsp3) is 0.929. The Morgan fingerprint density at radius 1 is 1.56 bits per heavy atom. The van der Waals surface area contributed by atoms with Crippen LogP contribution in [-0.2, 0) is 9.53 Å².